The minimum absolute atomic E-state index is 0.397. The highest BCUT2D eigenvalue weighted by molar-refractivity contribution is 5.61. The normalized spacial score (nSPS) is 26.5. The average molecular weight is 281 g/mol. The highest BCUT2D eigenvalue weighted by atomic mass is 16.3. The number of nitrogens with one attached hydrogen (secondary N) is 1. The molecule has 2 unspecified atom stereocenters. The van der Waals surface area contributed by atoms with E-state index in [1.165, 1.54) is 0 Å². The van der Waals surface area contributed by atoms with Crippen LogP contribution in [0.25, 0.3) is 0 Å². The Kier molecular flexibility index (Phi) is 3.84. The maximum absolute atomic E-state index is 11.3. The molecule has 0 saturated heterocycles. The van der Waals surface area contributed by atoms with Gasteiger partial charge in [0.05, 0.1) is 0 Å². The average Bonchev–Trinajstić information content (AvgIpc) is 2.68. The lowest BCUT2D eigenvalue weighted by Gasteiger charge is -2.36. The van der Waals surface area contributed by atoms with E-state index in [2.05, 4.69) is 10.4 Å². The highest BCUT2D eigenvalue weighted by Crippen LogP contribution is 2.36. The van der Waals surface area contributed by atoms with Crippen LogP contribution in [0.5, 0.6) is 0 Å². The van der Waals surface area contributed by atoms with Gasteiger partial charge in [-0.15, -0.1) is 0 Å². The SMILES string of the molecule is CN1CC=NC(c2ccccc2)C(O)(c2ccccc2)N1. The Bertz CT molecular complexity index is 614. The summed E-state index contributed by atoms with van der Waals surface area (Å²) >= 11 is 0. The topological polar surface area (TPSA) is 47.9 Å². The van der Waals surface area contributed by atoms with E-state index in [0.29, 0.717) is 6.54 Å². The van der Waals surface area contributed by atoms with E-state index in [-0.39, 0.29) is 0 Å². The Balaban J connectivity index is 2.10. The predicted octanol–water partition coefficient (Wildman–Crippen LogP) is 2.09. The Morgan fingerprint density at radius 3 is 2.38 bits per heavy atom. The third-order valence-corrected chi connectivity index (χ3v) is 3.70. The molecule has 2 aromatic carbocycles. The molecule has 0 bridgehead atoms. The van der Waals surface area contributed by atoms with Gasteiger partial charge < -0.3 is 5.11 Å². The molecule has 2 N–H and O–H groups in total. The van der Waals surface area contributed by atoms with E-state index in [4.69, 9.17) is 0 Å². The molecule has 4 nitrogen and oxygen atoms in total. The van der Waals surface area contributed by atoms with Gasteiger partial charge in [-0.1, -0.05) is 60.7 Å². The van der Waals surface area contributed by atoms with Crippen LogP contribution in [-0.2, 0) is 5.72 Å². The van der Waals surface area contributed by atoms with Gasteiger partial charge in [0.1, 0.15) is 6.04 Å². The van der Waals surface area contributed by atoms with Crippen molar-refractivity contribution >= 4 is 6.21 Å². The third-order valence-electron chi connectivity index (χ3n) is 3.70. The van der Waals surface area contributed by atoms with Crippen molar-refractivity contribution < 1.29 is 5.11 Å². The summed E-state index contributed by atoms with van der Waals surface area (Å²) < 4.78 is 0. The van der Waals surface area contributed by atoms with Crippen molar-refractivity contribution in [2.75, 3.05) is 13.6 Å². The smallest absolute Gasteiger partial charge is 0.181 e. The van der Waals surface area contributed by atoms with Crippen LogP contribution < -0.4 is 5.43 Å². The summed E-state index contributed by atoms with van der Waals surface area (Å²) in [5.41, 5.74) is 3.68. The minimum atomic E-state index is -1.27. The van der Waals surface area contributed by atoms with Crippen LogP contribution in [0.2, 0.25) is 0 Å². The lowest BCUT2D eigenvalue weighted by molar-refractivity contribution is -0.0731. The number of rotatable bonds is 2. The van der Waals surface area contributed by atoms with Gasteiger partial charge in [0, 0.05) is 25.4 Å². The second-order valence-electron chi connectivity index (χ2n) is 5.27. The summed E-state index contributed by atoms with van der Waals surface area (Å²) in [5.74, 6) is 0. The summed E-state index contributed by atoms with van der Waals surface area (Å²) in [6, 6.07) is 19.1. The molecule has 0 amide bonds. The van der Waals surface area contributed by atoms with Gasteiger partial charge in [-0.05, 0) is 5.56 Å². The molecule has 21 heavy (non-hydrogen) atoms. The first-order chi connectivity index (χ1) is 10.2. The molecule has 0 aliphatic carbocycles. The Labute approximate surface area is 124 Å². The van der Waals surface area contributed by atoms with Crippen LogP contribution in [0, 0.1) is 0 Å². The molecule has 0 aromatic heterocycles. The maximum atomic E-state index is 11.3. The van der Waals surface area contributed by atoms with Gasteiger partial charge >= 0.3 is 0 Å². The molecule has 0 fully saturated rings. The number of benzene rings is 2. The molecule has 0 radical (unpaired) electrons. The first-order valence-electron chi connectivity index (χ1n) is 7.03. The van der Waals surface area contributed by atoms with Gasteiger partial charge in [-0.3, -0.25) is 4.99 Å². The second-order valence-corrected chi connectivity index (χ2v) is 5.27. The maximum Gasteiger partial charge on any atom is 0.181 e. The molecular formula is C17H19N3O. The van der Waals surface area contributed by atoms with Gasteiger partial charge in [0.25, 0.3) is 0 Å². The molecule has 108 valence electrons. The van der Waals surface area contributed by atoms with E-state index in [0.717, 1.165) is 11.1 Å². The lowest BCUT2D eigenvalue weighted by Crippen LogP contribution is -2.52. The standard InChI is InChI=1S/C17H19N3O/c1-20-13-12-18-16(14-8-4-2-5-9-14)17(21,19-20)15-10-6-3-7-11-15/h2-12,16,19,21H,13H2,1H3. The fourth-order valence-electron chi connectivity index (χ4n) is 2.66. The summed E-state index contributed by atoms with van der Waals surface area (Å²) in [7, 11) is 1.90. The molecule has 4 heteroatoms. The van der Waals surface area contributed by atoms with E-state index in [9.17, 15) is 5.11 Å². The molecule has 1 aliphatic heterocycles. The zero-order valence-electron chi connectivity index (χ0n) is 12.0. The van der Waals surface area contributed by atoms with Crippen molar-refractivity contribution in [2.45, 2.75) is 11.8 Å². The highest BCUT2D eigenvalue weighted by Gasteiger charge is 2.41. The molecule has 1 heterocycles. The Hall–Kier alpha value is -2.01. The first-order valence-corrected chi connectivity index (χ1v) is 7.03. The van der Waals surface area contributed by atoms with Crippen LogP contribution in [-0.4, -0.2) is 29.9 Å². The van der Waals surface area contributed by atoms with Crippen molar-refractivity contribution in [1.29, 1.82) is 0 Å². The van der Waals surface area contributed by atoms with Crippen LogP contribution in [0.15, 0.2) is 65.7 Å². The van der Waals surface area contributed by atoms with E-state index >= 15 is 0 Å². The largest absolute Gasteiger partial charge is 0.368 e. The Morgan fingerprint density at radius 1 is 1.10 bits per heavy atom. The van der Waals surface area contributed by atoms with E-state index in [1.54, 1.807) is 0 Å². The Morgan fingerprint density at radius 2 is 1.71 bits per heavy atom. The zero-order valence-corrected chi connectivity index (χ0v) is 12.0. The molecule has 2 aromatic rings. The summed E-state index contributed by atoms with van der Waals surface area (Å²) in [6.45, 7) is 0.637. The summed E-state index contributed by atoms with van der Waals surface area (Å²) in [6.07, 6.45) is 1.84. The van der Waals surface area contributed by atoms with Gasteiger partial charge in [-0.2, -0.15) is 0 Å². The number of aliphatic hydroxyl groups is 1. The van der Waals surface area contributed by atoms with Crippen molar-refractivity contribution in [2.24, 2.45) is 4.99 Å². The molecule has 1 aliphatic rings. The van der Waals surface area contributed by atoms with Crippen LogP contribution >= 0.6 is 0 Å². The third kappa shape index (κ3) is 2.74. The predicted molar refractivity (Wildman–Crippen MR) is 83.8 cm³/mol. The van der Waals surface area contributed by atoms with Crippen LogP contribution in [0.1, 0.15) is 17.2 Å². The molecular weight excluding hydrogens is 262 g/mol. The number of hydrogen-bond acceptors (Lipinski definition) is 4. The van der Waals surface area contributed by atoms with Crippen molar-refractivity contribution in [3.63, 3.8) is 0 Å². The number of aliphatic imine (C=N–C) groups is 1. The number of hydrazine groups is 1. The minimum Gasteiger partial charge on any atom is -0.368 e. The van der Waals surface area contributed by atoms with Crippen LogP contribution in [0.4, 0.5) is 0 Å². The fourth-order valence-corrected chi connectivity index (χ4v) is 2.66. The van der Waals surface area contributed by atoms with Crippen LogP contribution in [0.3, 0.4) is 0 Å². The fraction of sp³-hybridized carbons (Fsp3) is 0.235. The molecule has 2 atom stereocenters. The zero-order chi connectivity index (χ0) is 14.7. The number of nitrogens with zero attached hydrogens (tertiary/aromatic N) is 2. The quantitative estimate of drug-likeness (QED) is 0.886. The number of hydrogen-bond donors (Lipinski definition) is 2. The second kappa shape index (κ2) is 5.77. The van der Waals surface area contributed by atoms with E-state index < -0.39 is 11.8 Å². The summed E-state index contributed by atoms with van der Waals surface area (Å²) in [4.78, 5) is 4.59. The molecule has 0 spiro atoms. The van der Waals surface area contributed by atoms with Gasteiger partial charge in [0.2, 0.25) is 0 Å². The molecule has 3 rings (SSSR count). The van der Waals surface area contributed by atoms with Gasteiger partial charge in [0.15, 0.2) is 5.72 Å². The van der Waals surface area contributed by atoms with E-state index in [1.807, 2.05) is 78.9 Å². The van der Waals surface area contributed by atoms with Crippen molar-refractivity contribution in [3.05, 3.63) is 71.8 Å². The van der Waals surface area contributed by atoms with Crippen molar-refractivity contribution in [3.8, 4) is 0 Å². The lowest BCUT2D eigenvalue weighted by atomic mass is 9.90. The molecule has 0 saturated carbocycles. The monoisotopic (exact) mass is 281 g/mol. The first kappa shape index (κ1) is 13.9. The van der Waals surface area contributed by atoms with Crippen molar-refractivity contribution in [1.82, 2.24) is 10.4 Å². The summed E-state index contributed by atoms with van der Waals surface area (Å²) in [5, 5.41) is 13.2. The van der Waals surface area contributed by atoms with Gasteiger partial charge in [-0.25, -0.2) is 10.4 Å².